The Balaban J connectivity index is 1.76. The highest BCUT2D eigenvalue weighted by molar-refractivity contribution is 6.28. The number of amides is 3. The van der Waals surface area contributed by atoms with Crippen molar-refractivity contribution in [3.63, 3.8) is 0 Å². The number of aromatic nitrogens is 1. The number of para-hydroxylation sites is 1. The van der Waals surface area contributed by atoms with E-state index in [-0.39, 0.29) is 11.4 Å². The molecule has 32 heavy (non-hydrogen) atoms. The lowest BCUT2D eigenvalue weighted by atomic mass is 10.2. The fourth-order valence-corrected chi connectivity index (χ4v) is 3.77. The van der Waals surface area contributed by atoms with E-state index in [1.807, 2.05) is 24.5 Å². The lowest BCUT2D eigenvalue weighted by Gasteiger charge is -2.14. The predicted octanol–water partition coefficient (Wildman–Crippen LogP) is 4.11. The molecule has 0 radical (unpaired) electrons. The SMILES string of the molecule is COc1ccc([N+](=O)[O-])cc1-n1c(C)cc(/C=C2\NC(=O)N(c3ccccc3)C2=O)c1C. The molecule has 2 heterocycles. The highest BCUT2D eigenvalue weighted by Crippen LogP contribution is 2.32. The molecule has 1 fully saturated rings. The number of nitro benzene ring substituents is 1. The Labute approximate surface area is 183 Å². The number of aryl methyl sites for hydroxylation is 1. The first-order chi connectivity index (χ1) is 15.3. The number of carbonyl (C=O) groups is 2. The minimum atomic E-state index is -0.526. The Morgan fingerprint density at radius 2 is 1.78 bits per heavy atom. The van der Waals surface area contributed by atoms with Crippen LogP contribution < -0.4 is 15.0 Å². The number of ether oxygens (including phenoxy) is 1. The summed E-state index contributed by atoms with van der Waals surface area (Å²) in [5, 5.41) is 13.9. The minimum Gasteiger partial charge on any atom is -0.495 e. The van der Waals surface area contributed by atoms with Gasteiger partial charge >= 0.3 is 6.03 Å². The van der Waals surface area contributed by atoms with E-state index in [1.54, 1.807) is 42.5 Å². The first-order valence-corrected chi connectivity index (χ1v) is 9.75. The van der Waals surface area contributed by atoms with E-state index in [9.17, 15) is 19.7 Å². The first kappa shape index (κ1) is 20.9. The number of nitrogens with zero attached hydrogens (tertiary/aromatic N) is 3. The van der Waals surface area contributed by atoms with Crippen LogP contribution in [0.25, 0.3) is 11.8 Å². The van der Waals surface area contributed by atoms with E-state index in [2.05, 4.69) is 5.32 Å². The summed E-state index contributed by atoms with van der Waals surface area (Å²) in [6, 6.07) is 14.3. The van der Waals surface area contributed by atoms with Crippen LogP contribution in [-0.2, 0) is 4.79 Å². The summed E-state index contributed by atoms with van der Waals surface area (Å²) in [7, 11) is 1.49. The number of non-ortho nitro benzene ring substituents is 1. The van der Waals surface area contributed by atoms with E-state index < -0.39 is 16.9 Å². The highest BCUT2D eigenvalue weighted by Gasteiger charge is 2.35. The average molecular weight is 432 g/mol. The highest BCUT2D eigenvalue weighted by atomic mass is 16.6. The Morgan fingerprint density at radius 3 is 2.44 bits per heavy atom. The summed E-state index contributed by atoms with van der Waals surface area (Å²) in [6.07, 6.45) is 1.60. The molecule has 4 rings (SSSR count). The van der Waals surface area contributed by atoms with Gasteiger partial charge in [0.05, 0.1) is 23.4 Å². The second-order valence-corrected chi connectivity index (χ2v) is 7.24. The molecule has 0 saturated carbocycles. The second-order valence-electron chi connectivity index (χ2n) is 7.24. The molecule has 0 aliphatic carbocycles. The van der Waals surface area contributed by atoms with E-state index in [1.165, 1.54) is 19.2 Å². The van der Waals surface area contributed by atoms with Gasteiger partial charge < -0.3 is 14.6 Å². The van der Waals surface area contributed by atoms with Crippen molar-refractivity contribution in [3.8, 4) is 11.4 Å². The summed E-state index contributed by atoms with van der Waals surface area (Å²) in [5.74, 6) is 0.0102. The van der Waals surface area contributed by atoms with Gasteiger partial charge in [0.1, 0.15) is 11.4 Å². The Hall–Kier alpha value is -4.40. The molecule has 0 bridgehead atoms. The molecular formula is C23H20N4O5. The van der Waals surface area contributed by atoms with Gasteiger partial charge in [-0.3, -0.25) is 14.9 Å². The zero-order valence-electron chi connectivity index (χ0n) is 17.7. The van der Waals surface area contributed by atoms with Crippen molar-refractivity contribution < 1.29 is 19.2 Å². The standard InChI is InChI=1S/C23H20N4O5/c1-14-11-16(12-19-22(28)26(23(29)24-19)17-7-5-4-6-8-17)15(2)25(14)20-13-18(27(30)31)9-10-21(20)32-3/h4-13H,1-3H3,(H,24,29)/b19-12-. The Morgan fingerprint density at radius 1 is 1.06 bits per heavy atom. The molecular weight excluding hydrogens is 412 g/mol. The summed E-state index contributed by atoms with van der Waals surface area (Å²) in [4.78, 5) is 37.2. The first-order valence-electron chi connectivity index (χ1n) is 9.75. The number of benzene rings is 2. The molecule has 0 unspecified atom stereocenters. The molecule has 3 amide bonds. The zero-order valence-corrected chi connectivity index (χ0v) is 17.7. The minimum absolute atomic E-state index is 0.0649. The largest absolute Gasteiger partial charge is 0.495 e. The van der Waals surface area contributed by atoms with Gasteiger partial charge in [-0.1, -0.05) is 18.2 Å². The number of methoxy groups -OCH3 is 1. The molecule has 1 aromatic heterocycles. The maximum absolute atomic E-state index is 12.9. The van der Waals surface area contributed by atoms with Crippen molar-refractivity contribution in [2.75, 3.05) is 12.0 Å². The van der Waals surface area contributed by atoms with Crippen molar-refractivity contribution in [3.05, 3.63) is 87.4 Å². The Kier molecular flexibility index (Phi) is 5.23. The van der Waals surface area contributed by atoms with Crippen molar-refractivity contribution in [2.24, 2.45) is 0 Å². The topological polar surface area (TPSA) is 107 Å². The lowest BCUT2D eigenvalue weighted by Crippen LogP contribution is -2.30. The van der Waals surface area contributed by atoms with Crippen LogP contribution in [0.1, 0.15) is 17.0 Å². The number of anilines is 1. The van der Waals surface area contributed by atoms with Gasteiger partial charge in [0.15, 0.2) is 0 Å². The van der Waals surface area contributed by atoms with E-state index >= 15 is 0 Å². The fraction of sp³-hybridized carbons (Fsp3) is 0.130. The number of nitrogens with one attached hydrogen (secondary N) is 1. The summed E-state index contributed by atoms with van der Waals surface area (Å²) >= 11 is 0. The van der Waals surface area contributed by atoms with E-state index in [0.717, 1.165) is 16.3 Å². The second kappa shape index (κ2) is 8.03. The molecule has 0 spiro atoms. The molecule has 9 heteroatoms. The fourth-order valence-electron chi connectivity index (χ4n) is 3.77. The van der Waals surface area contributed by atoms with Crippen LogP contribution in [-0.4, -0.2) is 28.5 Å². The van der Waals surface area contributed by atoms with Crippen molar-refractivity contribution in [1.29, 1.82) is 0 Å². The monoisotopic (exact) mass is 432 g/mol. The van der Waals surface area contributed by atoms with Gasteiger partial charge in [0.25, 0.3) is 11.6 Å². The summed E-state index contributed by atoms with van der Waals surface area (Å²) in [6.45, 7) is 3.67. The number of nitro groups is 1. The number of urea groups is 1. The smallest absolute Gasteiger partial charge is 0.333 e. The van der Waals surface area contributed by atoms with Gasteiger partial charge in [-0.25, -0.2) is 9.69 Å². The third-order valence-electron chi connectivity index (χ3n) is 5.28. The van der Waals surface area contributed by atoms with Crippen LogP contribution in [0.2, 0.25) is 0 Å². The third kappa shape index (κ3) is 3.49. The molecule has 1 aliphatic rings. The van der Waals surface area contributed by atoms with Crippen LogP contribution in [0.15, 0.2) is 60.3 Å². The summed E-state index contributed by atoms with van der Waals surface area (Å²) in [5.41, 5.74) is 3.27. The third-order valence-corrected chi connectivity index (χ3v) is 5.28. The van der Waals surface area contributed by atoms with Crippen LogP contribution in [0.4, 0.5) is 16.2 Å². The number of imide groups is 1. The maximum atomic E-state index is 12.9. The zero-order chi connectivity index (χ0) is 23.0. The normalized spacial score (nSPS) is 14.7. The molecule has 1 saturated heterocycles. The number of rotatable bonds is 5. The predicted molar refractivity (Wildman–Crippen MR) is 119 cm³/mol. The molecule has 1 aliphatic heterocycles. The molecule has 162 valence electrons. The van der Waals surface area contributed by atoms with Crippen molar-refractivity contribution >= 4 is 29.4 Å². The number of hydrogen-bond donors (Lipinski definition) is 1. The van der Waals surface area contributed by atoms with Crippen LogP contribution in [0.5, 0.6) is 5.75 Å². The van der Waals surface area contributed by atoms with Gasteiger partial charge in [0, 0.05) is 23.5 Å². The van der Waals surface area contributed by atoms with Gasteiger partial charge in [-0.2, -0.15) is 0 Å². The molecule has 2 aromatic carbocycles. The van der Waals surface area contributed by atoms with E-state index in [0.29, 0.717) is 22.7 Å². The number of hydrogen-bond acceptors (Lipinski definition) is 5. The van der Waals surface area contributed by atoms with Crippen LogP contribution in [0, 0.1) is 24.0 Å². The molecule has 0 atom stereocenters. The van der Waals surface area contributed by atoms with Crippen LogP contribution >= 0.6 is 0 Å². The van der Waals surface area contributed by atoms with Crippen LogP contribution in [0.3, 0.4) is 0 Å². The molecule has 1 N–H and O–H groups in total. The lowest BCUT2D eigenvalue weighted by molar-refractivity contribution is -0.384. The van der Waals surface area contributed by atoms with Crippen molar-refractivity contribution in [2.45, 2.75) is 13.8 Å². The van der Waals surface area contributed by atoms with Gasteiger partial charge in [-0.05, 0) is 49.8 Å². The van der Waals surface area contributed by atoms with Gasteiger partial charge in [-0.15, -0.1) is 0 Å². The molecule has 3 aromatic rings. The Bertz CT molecular complexity index is 1280. The van der Waals surface area contributed by atoms with Gasteiger partial charge in [0.2, 0.25) is 0 Å². The maximum Gasteiger partial charge on any atom is 0.333 e. The molecule has 9 nitrogen and oxygen atoms in total. The quantitative estimate of drug-likeness (QED) is 0.283. The summed E-state index contributed by atoms with van der Waals surface area (Å²) < 4.78 is 7.22. The van der Waals surface area contributed by atoms with E-state index in [4.69, 9.17) is 4.74 Å². The number of carbonyl (C=O) groups excluding carboxylic acids is 2. The van der Waals surface area contributed by atoms with Crippen molar-refractivity contribution in [1.82, 2.24) is 9.88 Å². The average Bonchev–Trinajstić information content (AvgIpc) is 3.22.